The molecule has 26 heavy (non-hydrogen) atoms. The summed E-state index contributed by atoms with van der Waals surface area (Å²) in [6.07, 6.45) is 2.05. The third-order valence-electron chi connectivity index (χ3n) is 4.90. The summed E-state index contributed by atoms with van der Waals surface area (Å²) in [5.41, 5.74) is 6.60. The molecule has 1 aliphatic rings. The summed E-state index contributed by atoms with van der Waals surface area (Å²) in [5.74, 6) is 1.76. The number of aliphatic imine (C=N–C) groups is 1. The Morgan fingerprint density at radius 2 is 1.54 bits per heavy atom. The molecule has 0 aliphatic carbocycles. The molecule has 0 unspecified atom stereocenters. The highest BCUT2D eigenvalue weighted by atomic mass is 16.4. The lowest BCUT2D eigenvalue weighted by atomic mass is 9.98. The molecular formula is C23H18N2O. The predicted molar refractivity (Wildman–Crippen MR) is 105 cm³/mol. The molecule has 2 aromatic heterocycles. The Morgan fingerprint density at radius 1 is 0.846 bits per heavy atom. The van der Waals surface area contributed by atoms with Crippen molar-refractivity contribution in [3.63, 3.8) is 0 Å². The number of nitrogens with zero attached hydrogens (tertiary/aromatic N) is 2. The first-order valence-electron chi connectivity index (χ1n) is 8.78. The van der Waals surface area contributed by atoms with Crippen molar-refractivity contribution in [1.82, 2.24) is 4.57 Å². The van der Waals surface area contributed by atoms with Gasteiger partial charge in [0.25, 0.3) is 0 Å². The van der Waals surface area contributed by atoms with Gasteiger partial charge in [0.05, 0.1) is 18.0 Å². The maximum atomic E-state index is 6.48. The first-order valence-corrected chi connectivity index (χ1v) is 8.78. The third kappa shape index (κ3) is 2.25. The summed E-state index contributed by atoms with van der Waals surface area (Å²) in [6.45, 7) is 2.67. The molecule has 126 valence electrons. The van der Waals surface area contributed by atoms with Gasteiger partial charge in [-0.25, -0.2) is 0 Å². The molecule has 3 heteroatoms. The van der Waals surface area contributed by atoms with Crippen LogP contribution in [-0.4, -0.2) is 10.3 Å². The molecule has 0 saturated heterocycles. The predicted octanol–water partition coefficient (Wildman–Crippen LogP) is 5.73. The van der Waals surface area contributed by atoms with Crippen molar-refractivity contribution in [2.45, 2.75) is 13.5 Å². The monoisotopic (exact) mass is 338 g/mol. The van der Waals surface area contributed by atoms with Crippen LogP contribution in [0, 0.1) is 0 Å². The smallest absolute Gasteiger partial charge is 0.210 e. The second-order valence-electron chi connectivity index (χ2n) is 6.49. The zero-order valence-corrected chi connectivity index (χ0v) is 14.5. The van der Waals surface area contributed by atoms with Crippen molar-refractivity contribution in [1.29, 1.82) is 0 Å². The molecule has 0 amide bonds. The molecule has 0 radical (unpaired) electrons. The van der Waals surface area contributed by atoms with E-state index in [0.29, 0.717) is 6.54 Å². The first kappa shape index (κ1) is 15.0. The Bertz CT molecular complexity index is 1100. The molecule has 1 aliphatic heterocycles. The van der Waals surface area contributed by atoms with E-state index in [2.05, 4.69) is 54.0 Å². The number of aromatic nitrogens is 1. The van der Waals surface area contributed by atoms with Gasteiger partial charge in [0.1, 0.15) is 5.76 Å². The highest BCUT2D eigenvalue weighted by molar-refractivity contribution is 5.99. The second kappa shape index (κ2) is 5.88. The van der Waals surface area contributed by atoms with Crippen LogP contribution in [-0.2, 0) is 6.54 Å². The van der Waals surface area contributed by atoms with Gasteiger partial charge in [0.15, 0.2) is 0 Å². The Kier molecular flexibility index (Phi) is 3.39. The van der Waals surface area contributed by atoms with Crippen LogP contribution >= 0.6 is 0 Å². The van der Waals surface area contributed by atoms with Crippen molar-refractivity contribution < 1.29 is 4.42 Å². The van der Waals surface area contributed by atoms with Gasteiger partial charge in [-0.1, -0.05) is 60.7 Å². The van der Waals surface area contributed by atoms with Crippen molar-refractivity contribution in [2.75, 3.05) is 0 Å². The van der Waals surface area contributed by atoms with Crippen molar-refractivity contribution >= 4 is 5.71 Å². The molecule has 3 nitrogen and oxygen atoms in total. The molecule has 5 rings (SSSR count). The fourth-order valence-corrected chi connectivity index (χ4v) is 3.63. The van der Waals surface area contributed by atoms with Crippen molar-refractivity contribution in [3.05, 3.63) is 90.3 Å². The van der Waals surface area contributed by atoms with Crippen molar-refractivity contribution in [3.8, 4) is 28.3 Å². The largest absolute Gasteiger partial charge is 0.439 e. The normalized spacial score (nSPS) is 12.9. The molecule has 2 aromatic carbocycles. The van der Waals surface area contributed by atoms with E-state index in [-0.39, 0.29) is 0 Å². The van der Waals surface area contributed by atoms with Crippen LogP contribution in [0.2, 0.25) is 0 Å². The van der Waals surface area contributed by atoms with E-state index in [9.17, 15) is 0 Å². The molecule has 0 N–H and O–H groups in total. The molecule has 0 spiro atoms. The van der Waals surface area contributed by atoms with Gasteiger partial charge in [0.2, 0.25) is 5.88 Å². The zero-order valence-electron chi connectivity index (χ0n) is 14.5. The molecular weight excluding hydrogens is 320 g/mol. The molecule has 0 bridgehead atoms. The van der Waals surface area contributed by atoms with E-state index in [1.165, 1.54) is 0 Å². The summed E-state index contributed by atoms with van der Waals surface area (Å²) >= 11 is 0. The summed E-state index contributed by atoms with van der Waals surface area (Å²) in [6, 6.07) is 24.9. The number of hydrogen-bond donors (Lipinski definition) is 0. The summed E-state index contributed by atoms with van der Waals surface area (Å²) < 4.78 is 8.59. The van der Waals surface area contributed by atoms with Gasteiger partial charge in [-0.05, 0) is 24.6 Å². The minimum Gasteiger partial charge on any atom is -0.439 e. The van der Waals surface area contributed by atoms with Gasteiger partial charge < -0.3 is 4.42 Å². The number of rotatable bonds is 2. The topological polar surface area (TPSA) is 30.4 Å². The fourth-order valence-electron chi connectivity index (χ4n) is 3.63. The quantitative estimate of drug-likeness (QED) is 0.459. The highest BCUT2D eigenvalue weighted by Gasteiger charge is 2.26. The van der Waals surface area contributed by atoms with Gasteiger partial charge in [-0.2, -0.15) is 0 Å². The molecule has 0 saturated carbocycles. The lowest BCUT2D eigenvalue weighted by Crippen LogP contribution is -2.01. The highest BCUT2D eigenvalue weighted by Crippen LogP contribution is 2.42. The van der Waals surface area contributed by atoms with Crippen LogP contribution in [0.4, 0.5) is 0 Å². The van der Waals surface area contributed by atoms with Gasteiger partial charge >= 0.3 is 0 Å². The Hall–Kier alpha value is -3.33. The minimum atomic E-state index is 0.614. The number of hydrogen-bond acceptors (Lipinski definition) is 2. The maximum absolute atomic E-state index is 6.48. The SMILES string of the molecule is CC1=NCc2c(oc(-c3ccccc3)c2-c2ccccc2)-n2cccc21. The van der Waals surface area contributed by atoms with E-state index in [1.54, 1.807) is 0 Å². The van der Waals surface area contributed by atoms with Crippen LogP contribution in [0.1, 0.15) is 18.2 Å². The number of furan rings is 1. The third-order valence-corrected chi connectivity index (χ3v) is 4.90. The zero-order chi connectivity index (χ0) is 17.5. The van der Waals surface area contributed by atoms with Crippen LogP contribution in [0.5, 0.6) is 0 Å². The molecule has 0 fully saturated rings. The van der Waals surface area contributed by atoms with E-state index in [1.807, 2.05) is 36.5 Å². The second-order valence-corrected chi connectivity index (χ2v) is 6.49. The van der Waals surface area contributed by atoms with Crippen LogP contribution in [0.25, 0.3) is 28.3 Å². The van der Waals surface area contributed by atoms with Crippen LogP contribution in [0.3, 0.4) is 0 Å². The van der Waals surface area contributed by atoms with E-state index in [4.69, 9.17) is 9.41 Å². The summed E-state index contributed by atoms with van der Waals surface area (Å²) in [5, 5.41) is 0. The maximum Gasteiger partial charge on any atom is 0.210 e. The lowest BCUT2D eigenvalue weighted by Gasteiger charge is -2.05. The molecule has 0 atom stereocenters. The molecule has 3 heterocycles. The number of benzene rings is 2. The van der Waals surface area contributed by atoms with Crippen LogP contribution in [0.15, 0.2) is 88.4 Å². The lowest BCUT2D eigenvalue weighted by molar-refractivity contribution is 0.549. The van der Waals surface area contributed by atoms with Gasteiger partial charge in [-0.15, -0.1) is 0 Å². The van der Waals surface area contributed by atoms with E-state index < -0.39 is 0 Å². The summed E-state index contributed by atoms with van der Waals surface area (Å²) in [4.78, 5) is 4.81. The molecule has 4 aromatic rings. The van der Waals surface area contributed by atoms with Gasteiger partial charge in [0, 0.05) is 22.9 Å². The number of fused-ring (bicyclic) bond motifs is 3. The van der Waals surface area contributed by atoms with Gasteiger partial charge in [-0.3, -0.25) is 9.56 Å². The average Bonchev–Trinajstić information content (AvgIpc) is 3.29. The van der Waals surface area contributed by atoms with E-state index >= 15 is 0 Å². The Morgan fingerprint density at radius 3 is 2.27 bits per heavy atom. The van der Waals surface area contributed by atoms with E-state index in [0.717, 1.165) is 45.3 Å². The van der Waals surface area contributed by atoms with Crippen LogP contribution < -0.4 is 0 Å². The average molecular weight is 338 g/mol. The summed E-state index contributed by atoms with van der Waals surface area (Å²) in [7, 11) is 0. The Balaban J connectivity index is 1.84. The fraction of sp³-hybridized carbons (Fsp3) is 0.0870. The first-order chi connectivity index (χ1) is 12.8. The standard InChI is InChI=1S/C23H18N2O/c1-16-20-13-8-14-25(20)23-19(15-24-16)21(17-9-4-2-5-10-17)22(26-23)18-11-6-3-7-12-18/h2-14H,15H2,1H3. The minimum absolute atomic E-state index is 0.614. The van der Waals surface area contributed by atoms with Crippen molar-refractivity contribution in [2.24, 2.45) is 4.99 Å². The Labute approximate surface area is 152 Å².